The summed E-state index contributed by atoms with van der Waals surface area (Å²) in [6.45, 7) is 6.59. The van der Waals surface area contributed by atoms with Crippen molar-refractivity contribution in [1.82, 2.24) is 0 Å². The third-order valence-corrected chi connectivity index (χ3v) is 4.43. The lowest BCUT2D eigenvalue weighted by Gasteiger charge is -2.43. The Balaban J connectivity index is 2.75. The van der Waals surface area contributed by atoms with E-state index in [0.29, 0.717) is 5.92 Å². The van der Waals surface area contributed by atoms with Crippen molar-refractivity contribution >= 4 is 0 Å². The minimum Gasteiger partial charge on any atom is -0.252 e. The van der Waals surface area contributed by atoms with Gasteiger partial charge in [0.2, 0.25) is 0 Å². The van der Waals surface area contributed by atoms with Gasteiger partial charge < -0.3 is 0 Å². The highest BCUT2D eigenvalue weighted by atomic mass is 17.1. The van der Waals surface area contributed by atoms with Crippen LogP contribution in [0.25, 0.3) is 0 Å². The first-order chi connectivity index (χ1) is 7.20. The van der Waals surface area contributed by atoms with Crippen LogP contribution in [0.1, 0.15) is 65.7 Å². The molecule has 2 unspecified atom stereocenters. The Bertz CT molecular complexity index is 173. The largest absolute Gasteiger partial charge is 0.252 e. The van der Waals surface area contributed by atoms with E-state index in [1.54, 1.807) is 0 Å². The average Bonchev–Trinajstić information content (AvgIpc) is 2.30. The molecule has 2 atom stereocenters. The lowest BCUT2D eigenvalue weighted by atomic mass is 9.65. The third kappa shape index (κ3) is 2.73. The van der Waals surface area contributed by atoms with Gasteiger partial charge in [0, 0.05) is 0 Å². The second kappa shape index (κ2) is 5.86. The molecule has 0 aromatic rings. The first-order valence-electron chi connectivity index (χ1n) is 6.50. The van der Waals surface area contributed by atoms with Crippen molar-refractivity contribution in [1.29, 1.82) is 0 Å². The summed E-state index contributed by atoms with van der Waals surface area (Å²) in [5.74, 6) is 0.452. The molecule has 0 saturated heterocycles. The van der Waals surface area contributed by atoms with Crippen LogP contribution in [-0.2, 0) is 4.89 Å². The smallest absolute Gasteiger partial charge is 0.101 e. The summed E-state index contributed by atoms with van der Waals surface area (Å²) in [6, 6.07) is 0. The molecule has 1 aliphatic rings. The predicted octanol–water partition coefficient (Wildman–Crippen LogP) is 4.25. The quantitative estimate of drug-likeness (QED) is 0.547. The van der Waals surface area contributed by atoms with Crippen LogP contribution in [0.4, 0.5) is 0 Å². The van der Waals surface area contributed by atoms with Crippen molar-refractivity contribution in [2.75, 3.05) is 0 Å². The van der Waals surface area contributed by atoms with Gasteiger partial charge in [-0.05, 0) is 30.6 Å². The molecule has 15 heavy (non-hydrogen) atoms. The van der Waals surface area contributed by atoms with Crippen LogP contribution in [0.2, 0.25) is 0 Å². The molecule has 0 heterocycles. The molecule has 2 nitrogen and oxygen atoms in total. The summed E-state index contributed by atoms with van der Waals surface area (Å²) in [5, 5.41) is 9.18. The molecule has 1 N–H and O–H groups in total. The molecule has 1 aliphatic carbocycles. The summed E-state index contributed by atoms with van der Waals surface area (Å²) in [4.78, 5) is 4.84. The molecule has 1 fully saturated rings. The van der Waals surface area contributed by atoms with Crippen molar-refractivity contribution in [2.24, 2.45) is 11.3 Å². The lowest BCUT2D eigenvalue weighted by Crippen LogP contribution is -2.42. The topological polar surface area (TPSA) is 29.5 Å². The van der Waals surface area contributed by atoms with E-state index in [2.05, 4.69) is 20.8 Å². The maximum atomic E-state index is 9.18. The minimum atomic E-state index is 0.0350. The van der Waals surface area contributed by atoms with Gasteiger partial charge in [-0.25, -0.2) is 4.89 Å². The van der Waals surface area contributed by atoms with Gasteiger partial charge in [0.25, 0.3) is 0 Å². The van der Waals surface area contributed by atoms with E-state index in [1.807, 2.05) is 0 Å². The third-order valence-electron chi connectivity index (χ3n) is 4.43. The van der Waals surface area contributed by atoms with Crippen molar-refractivity contribution in [3.8, 4) is 0 Å². The Morgan fingerprint density at radius 3 is 2.20 bits per heavy atom. The predicted molar refractivity (Wildman–Crippen MR) is 62.8 cm³/mol. The number of hydrogen-bond acceptors (Lipinski definition) is 2. The molecule has 1 saturated carbocycles. The van der Waals surface area contributed by atoms with E-state index in [1.165, 1.54) is 32.1 Å². The Kier molecular flexibility index (Phi) is 5.07. The highest BCUT2D eigenvalue weighted by Crippen LogP contribution is 2.45. The zero-order valence-corrected chi connectivity index (χ0v) is 10.5. The maximum absolute atomic E-state index is 9.18. The molecular weight excluding hydrogens is 188 g/mol. The fraction of sp³-hybridized carbons (Fsp3) is 1.00. The van der Waals surface area contributed by atoms with E-state index in [-0.39, 0.29) is 11.5 Å². The van der Waals surface area contributed by atoms with E-state index >= 15 is 0 Å². The van der Waals surface area contributed by atoms with Crippen LogP contribution in [0.5, 0.6) is 0 Å². The van der Waals surface area contributed by atoms with Gasteiger partial charge in [0.15, 0.2) is 0 Å². The lowest BCUT2D eigenvalue weighted by molar-refractivity contribution is -0.320. The van der Waals surface area contributed by atoms with Gasteiger partial charge in [-0.3, -0.25) is 5.26 Å². The van der Waals surface area contributed by atoms with Gasteiger partial charge in [0.1, 0.15) is 6.10 Å². The SMILES string of the molecule is CCC(C)C(OO)C1(CC)CCCCC1. The Labute approximate surface area is 93.9 Å². The van der Waals surface area contributed by atoms with Crippen LogP contribution in [-0.4, -0.2) is 11.4 Å². The molecule has 2 heteroatoms. The first-order valence-corrected chi connectivity index (χ1v) is 6.50. The van der Waals surface area contributed by atoms with E-state index in [0.717, 1.165) is 12.8 Å². The summed E-state index contributed by atoms with van der Waals surface area (Å²) in [5.41, 5.74) is 0.239. The number of hydrogen-bond donors (Lipinski definition) is 1. The zero-order valence-electron chi connectivity index (χ0n) is 10.5. The van der Waals surface area contributed by atoms with Gasteiger partial charge in [-0.1, -0.05) is 46.5 Å². The highest BCUT2D eigenvalue weighted by molar-refractivity contribution is 4.90. The highest BCUT2D eigenvalue weighted by Gasteiger charge is 2.41. The average molecular weight is 214 g/mol. The molecule has 0 bridgehead atoms. The first kappa shape index (κ1) is 13.0. The van der Waals surface area contributed by atoms with Crippen LogP contribution < -0.4 is 0 Å². The van der Waals surface area contributed by atoms with Gasteiger partial charge in [-0.15, -0.1) is 0 Å². The zero-order chi connectivity index (χ0) is 11.3. The van der Waals surface area contributed by atoms with Gasteiger partial charge in [-0.2, -0.15) is 0 Å². The van der Waals surface area contributed by atoms with Crippen LogP contribution in [0.3, 0.4) is 0 Å². The normalized spacial score (nSPS) is 24.8. The van der Waals surface area contributed by atoms with Crippen molar-refractivity contribution in [2.45, 2.75) is 71.8 Å². The molecule has 0 amide bonds. The summed E-state index contributed by atoms with van der Waals surface area (Å²) in [7, 11) is 0. The fourth-order valence-corrected chi connectivity index (χ4v) is 3.13. The van der Waals surface area contributed by atoms with Gasteiger partial charge in [0.05, 0.1) is 0 Å². The second-order valence-electron chi connectivity index (χ2n) is 5.19. The summed E-state index contributed by atoms with van der Waals surface area (Å²) < 4.78 is 0. The van der Waals surface area contributed by atoms with E-state index in [4.69, 9.17) is 4.89 Å². The van der Waals surface area contributed by atoms with Crippen LogP contribution in [0, 0.1) is 11.3 Å². The standard InChI is InChI=1S/C13H26O2/c1-4-11(3)12(15-14)13(5-2)9-7-6-8-10-13/h11-12,14H,4-10H2,1-3H3. The molecule has 1 rings (SSSR count). The van der Waals surface area contributed by atoms with E-state index in [9.17, 15) is 5.26 Å². The monoisotopic (exact) mass is 214 g/mol. The second-order valence-corrected chi connectivity index (χ2v) is 5.19. The van der Waals surface area contributed by atoms with Crippen LogP contribution >= 0.6 is 0 Å². The molecular formula is C13H26O2. The van der Waals surface area contributed by atoms with E-state index < -0.39 is 0 Å². The summed E-state index contributed by atoms with van der Waals surface area (Å²) >= 11 is 0. The molecule has 0 spiro atoms. The van der Waals surface area contributed by atoms with Crippen LogP contribution in [0.15, 0.2) is 0 Å². The maximum Gasteiger partial charge on any atom is 0.101 e. The Morgan fingerprint density at radius 1 is 1.20 bits per heavy atom. The van der Waals surface area contributed by atoms with Crippen molar-refractivity contribution in [3.63, 3.8) is 0 Å². The van der Waals surface area contributed by atoms with Crippen molar-refractivity contribution in [3.05, 3.63) is 0 Å². The molecule has 0 radical (unpaired) electrons. The van der Waals surface area contributed by atoms with Crippen molar-refractivity contribution < 1.29 is 10.1 Å². The van der Waals surface area contributed by atoms with Gasteiger partial charge >= 0.3 is 0 Å². The summed E-state index contributed by atoms with van der Waals surface area (Å²) in [6.07, 6.45) is 8.62. The molecule has 90 valence electrons. The molecule has 0 aliphatic heterocycles. The Morgan fingerprint density at radius 2 is 1.80 bits per heavy atom. The fourth-order valence-electron chi connectivity index (χ4n) is 3.13. The minimum absolute atomic E-state index is 0.0350. The molecule has 0 aromatic carbocycles. The Hall–Kier alpha value is -0.0800. The number of rotatable bonds is 5. The molecule has 0 aromatic heterocycles.